The molecule has 0 aliphatic carbocycles. The molecule has 0 aliphatic heterocycles. The molecule has 0 aromatic carbocycles. The number of nitrogens with one attached hydrogen (secondary N) is 1. The number of carbonyl (C=O) groups is 2. The van der Waals surface area contributed by atoms with Gasteiger partial charge in [-0.3, -0.25) is 4.79 Å². The van der Waals surface area contributed by atoms with Gasteiger partial charge in [0.15, 0.2) is 0 Å². The Hall–Kier alpha value is -1.95. The van der Waals surface area contributed by atoms with Crippen LogP contribution in [0.1, 0.15) is 47.0 Å². The van der Waals surface area contributed by atoms with Crippen molar-refractivity contribution in [1.29, 1.82) is 0 Å². The smallest absolute Gasteiger partial charge is 0.354 e. The molecule has 0 spiro atoms. The lowest BCUT2D eigenvalue weighted by Gasteiger charge is -2.17. The largest absolute Gasteiger partial charge is 0.477 e. The van der Waals surface area contributed by atoms with E-state index in [2.05, 4.69) is 17.2 Å². The molecule has 2 N–H and O–H groups in total. The van der Waals surface area contributed by atoms with E-state index in [1.54, 1.807) is 7.11 Å². The normalized spacial score (nSPS) is 11.9. The van der Waals surface area contributed by atoms with Crippen LogP contribution in [0.5, 0.6) is 0 Å². The molecule has 0 fully saturated rings. The molecular weight excluding hydrogens is 260 g/mol. The molecule has 1 heterocycles. The molecule has 1 amide bonds. The molecule has 0 aliphatic rings. The molecule has 1 unspecified atom stereocenters. The summed E-state index contributed by atoms with van der Waals surface area (Å²) in [6.07, 6.45) is 4.17. The van der Waals surface area contributed by atoms with E-state index in [9.17, 15) is 9.59 Å². The summed E-state index contributed by atoms with van der Waals surface area (Å²) in [6.45, 7) is 2.51. The van der Waals surface area contributed by atoms with Crippen LogP contribution in [0, 0.1) is 0 Å². The summed E-state index contributed by atoms with van der Waals surface area (Å²) in [7, 11) is 1.58. The van der Waals surface area contributed by atoms with Crippen LogP contribution in [-0.2, 0) is 4.74 Å². The lowest BCUT2D eigenvalue weighted by molar-refractivity contribution is 0.0690. The van der Waals surface area contributed by atoms with Crippen LogP contribution >= 0.6 is 0 Å². The van der Waals surface area contributed by atoms with Crippen LogP contribution < -0.4 is 5.32 Å². The van der Waals surface area contributed by atoms with Gasteiger partial charge in [-0.15, -0.1) is 0 Å². The fourth-order valence-electron chi connectivity index (χ4n) is 1.81. The molecule has 0 saturated heterocycles. The number of ether oxygens (including phenoxy) is 1. The summed E-state index contributed by atoms with van der Waals surface area (Å²) >= 11 is 0. The highest BCUT2D eigenvalue weighted by Gasteiger charge is 2.15. The number of carboxylic acids is 1. The third-order valence-corrected chi connectivity index (χ3v) is 2.85. The SMILES string of the molecule is CCCCC(COC)NC(=O)c1ccnc(C(=O)O)c1. The number of amides is 1. The number of nitrogens with zero attached hydrogens (tertiary/aromatic N) is 1. The maximum Gasteiger partial charge on any atom is 0.354 e. The quantitative estimate of drug-likeness (QED) is 0.757. The molecule has 1 rings (SSSR count). The zero-order valence-corrected chi connectivity index (χ0v) is 11.8. The minimum atomic E-state index is -1.15. The molecule has 0 saturated carbocycles. The Morgan fingerprint density at radius 3 is 2.85 bits per heavy atom. The van der Waals surface area contributed by atoms with Crippen molar-refractivity contribution in [2.24, 2.45) is 0 Å². The molecular formula is C14H20N2O4. The highest BCUT2D eigenvalue weighted by molar-refractivity contribution is 5.96. The van der Waals surface area contributed by atoms with E-state index in [-0.39, 0.29) is 23.2 Å². The van der Waals surface area contributed by atoms with E-state index in [4.69, 9.17) is 9.84 Å². The molecule has 1 atom stereocenters. The third-order valence-electron chi connectivity index (χ3n) is 2.85. The number of unbranched alkanes of at least 4 members (excludes halogenated alkanes) is 1. The van der Waals surface area contributed by atoms with Gasteiger partial charge in [-0.1, -0.05) is 19.8 Å². The molecule has 110 valence electrons. The van der Waals surface area contributed by atoms with Crippen molar-refractivity contribution in [2.45, 2.75) is 32.2 Å². The summed E-state index contributed by atoms with van der Waals surface area (Å²) in [5.74, 6) is -1.47. The predicted molar refractivity (Wildman–Crippen MR) is 73.9 cm³/mol. The van der Waals surface area contributed by atoms with E-state index >= 15 is 0 Å². The van der Waals surface area contributed by atoms with Crippen LogP contribution in [0.2, 0.25) is 0 Å². The van der Waals surface area contributed by atoms with Crippen LogP contribution in [0.25, 0.3) is 0 Å². The van der Waals surface area contributed by atoms with E-state index in [1.165, 1.54) is 18.3 Å². The Balaban J connectivity index is 2.72. The first-order chi connectivity index (χ1) is 9.58. The molecule has 0 radical (unpaired) electrons. The fourth-order valence-corrected chi connectivity index (χ4v) is 1.81. The zero-order chi connectivity index (χ0) is 15.0. The van der Waals surface area contributed by atoms with Gasteiger partial charge in [0.25, 0.3) is 5.91 Å². The number of rotatable bonds is 8. The molecule has 1 aromatic rings. The first-order valence-corrected chi connectivity index (χ1v) is 6.57. The first kappa shape index (κ1) is 16.1. The van der Waals surface area contributed by atoms with Gasteiger partial charge in [0.05, 0.1) is 12.6 Å². The Morgan fingerprint density at radius 2 is 2.25 bits per heavy atom. The van der Waals surface area contributed by atoms with Crippen molar-refractivity contribution < 1.29 is 19.4 Å². The summed E-state index contributed by atoms with van der Waals surface area (Å²) in [5.41, 5.74) is 0.143. The van der Waals surface area contributed by atoms with Gasteiger partial charge >= 0.3 is 5.97 Å². The van der Waals surface area contributed by atoms with Gasteiger partial charge in [0.2, 0.25) is 0 Å². The fraction of sp³-hybridized carbons (Fsp3) is 0.500. The topological polar surface area (TPSA) is 88.5 Å². The maximum absolute atomic E-state index is 12.1. The zero-order valence-electron chi connectivity index (χ0n) is 11.8. The van der Waals surface area contributed by atoms with E-state index in [0.29, 0.717) is 6.61 Å². The Morgan fingerprint density at radius 1 is 1.50 bits per heavy atom. The molecule has 6 heteroatoms. The molecule has 20 heavy (non-hydrogen) atoms. The van der Waals surface area contributed by atoms with Gasteiger partial charge in [0, 0.05) is 18.9 Å². The summed E-state index contributed by atoms with van der Waals surface area (Å²) < 4.78 is 5.08. The molecule has 0 bridgehead atoms. The van der Waals surface area contributed by atoms with Gasteiger partial charge in [-0.25, -0.2) is 9.78 Å². The van der Waals surface area contributed by atoms with Crippen LogP contribution in [0.4, 0.5) is 0 Å². The van der Waals surface area contributed by atoms with E-state index in [1.807, 2.05) is 0 Å². The van der Waals surface area contributed by atoms with E-state index in [0.717, 1.165) is 19.3 Å². The van der Waals surface area contributed by atoms with Gasteiger partial charge in [-0.2, -0.15) is 0 Å². The number of pyridine rings is 1. The van der Waals surface area contributed by atoms with Crippen molar-refractivity contribution >= 4 is 11.9 Å². The third kappa shape index (κ3) is 4.97. The maximum atomic E-state index is 12.1. The highest BCUT2D eigenvalue weighted by Crippen LogP contribution is 2.06. The number of hydrogen-bond donors (Lipinski definition) is 2. The number of methoxy groups -OCH3 is 1. The van der Waals surface area contributed by atoms with Crippen molar-refractivity contribution in [3.8, 4) is 0 Å². The minimum absolute atomic E-state index is 0.0751. The number of hydrogen-bond acceptors (Lipinski definition) is 4. The number of aromatic carboxylic acids is 1. The number of aromatic nitrogens is 1. The van der Waals surface area contributed by atoms with Crippen molar-refractivity contribution in [3.63, 3.8) is 0 Å². The van der Waals surface area contributed by atoms with Gasteiger partial charge in [-0.05, 0) is 18.6 Å². The Labute approximate surface area is 118 Å². The summed E-state index contributed by atoms with van der Waals surface area (Å²) in [4.78, 5) is 26.6. The lowest BCUT2D eigenvalue weighted by Crippen LogP contribution is -2.38. The monoisotopic (exact) mass is 280 g/mol. The summed E-state index contributed by atoms with van der Waals surface area (Å²) in [6, 6.07) is 2.68. The Bertz CT molecular complexity index is 462. The van der Waals surface area contributed by atoms with E-state index < -0.39 is 5.97 Å². The highest BCUT2D eigenvalue weighted by atomic mass is 16.5. The molecule has 6 nitrogen and oxygen atoms in total. The van der Waals surface area contributed by atoms with Crippen LogP contribution in [0.15, 0.2) is 18.3 Å². The van der Waals surface area contributed by atoms with Crippen molar-refractivity contribution in [1.82, 2.24) is 10.3 Å². The van der Waals surface area contributed by atoms with Crippen LogP contribution in [0.3, 0.4) is 0 Å². The van der Waals surface area contributed by atoms with Crippen molar-refractivity contribution in [2.75, 3.05) is 13.7 Å². The van der Waals surface area contributed by atoms with Gasteiger partial charge in [0.1, 0.15) is 5.69 Å². The average molecular weight is 280 g/mol. The predicted octanol–water partition coefficient (Wildman–Crippen LogP) is 1.71. The second-order valence-corrected chi connectivity index (χ2v) is 4.50. The minimum Gasteiger partial charge on any atom is -0.477 e. The number of carboxylic acid groups (broad SMARTS) is 1. The number of carbonyl (C=O) groups excluding carboxylic acids is 1. The standard InChI is InChI=1S/C14H20N2O4/c1-3-4-5-11(9-20-2)16-13(17)10-6-7-15-12(8-10)14(18)19/h6-8,11H,3-5,9H2,1-2H3,(H,16,17)(H,18,19). The lowest BCUT2D eigenvalue weighted by atomic mass is 10.1. The second kappa shape index (κ2) is 8.27. The average Bonchev–Trinajstić information content (AvgIpc) is 2.45. The first-order valence-electron chi connectivity index (χ1n) is 6.57. The second-order valence-electron chi connectivity index (χ2n) is 4.50. The van der Waals surface area contributed by atoms with Crippen molar-refractivity contribution in [3.05, 3.63) is 29.6 Å². The molecule has 1 aromatic heterocycles. The van der Waals surface area contributed by atoms with Crippen LogP contribution in [-0.4, -0.2) is 41.7 Å². The summed E-state index contributed by atoms with van der Waals surface area (Å²) in [5, 5.41) is 11.7. The Kier molecular flexibility index (Phi) is 6.66. The van der Waals surface area contributed by atoms with Gasteiger partial charge < -0.3 is 15.2 Å².